The summed E-state index contributed by atoms with van der Waals surface area (Å²) in [6, 6.07) is 29.5. The number of benzene rings is 3. The van der Waals surface area contributed by atoms with Gasteiger partial charge in [0.1, 0.15) is 17.4 Å². The summed E-state index contributed by atoms with van der Waals surface area (Å²) in [5.41, 5.74) is 5.34. The van der Waals surface area contributed by atoms with Crippen LogP contribution in [0.1, 0.15) is 68.6 Å². The highest BCUT2D eigenvalue weighted by Crippen LogP contribution is 2.30. The minimum Gasteiger partial charge on any atom is -0.461 e. The minimum absolute atomic E-state index is 0.0865. The van der Waals surface area contributed by atoms with Crippen LogP contribution in [-0.2, 0) is 26.1 Å². The van der Waals surface area contributed by atoms with E-state index >= 15 is 0 Å². The fourth-order valence-corrected chi connectivity index (χ4v) is 8.81. The zero-order valence-electron chi connectivity index (χ0n) is 32.2. The standard InChI is InChI=1S/C43H54N6O4S/c1-32(2)29-41(46(5)54(51,52)38-20-18-35(19-21-38)31-49-34(4)45-39-30-44-23-22-40(39)49)43(50)53-33(3)13-12-24-47-25-27-48(28-26-47)42(36-14-8-6-9-15-36)37-16-10-7-11-17-37/h6-11,14-23,30,32-33,41-42H,12-13,24-29,31H2,1-5H3/t33?,41-/m0/s1. The van der Waals surface area contributed by atoms with Gasteiger partial charge in [0.25, 0.3) is 0 Å². The van der Waals surface area contributed by atoms with Crippen LogP contribution < -0.4 is 0 Å². The Kier molecular flexibility index (Phi) is 13.0. The fraction of sp³-hybridized carbons (Fsp3) is 0.419. The predicted molar refractivity (Wildman–Crippen MR) is 214 cm³/mol. The molecule has 2 aromatic heterocycles. The molecule has 3 heterocycles. The zero-order valence-corrected chi connectivity index (χ0v) is 33.0. The molecule has 54 heavy (non-hydrogen) atoms. The third kappa shape index (κ3) is 9.44. The summed E-state index contributed by atoms with van der Waals surface area (Å²) in [4.78, 5) is 27.6. The summed E-state index contributed by atoms with van der Waals surface area (Å²) in [7, 11) is -2.49. The van der Waals surface area contributed by atoms with Gasteiger partial charge in [-0.2, -0.15) is 4.31 Å². The Hall–Kier alpha value is -4.42. The molecule has 5 aromatic rings. The molecular weight excluding hydrogens is 697 g/mol. The molecule has 0 spiro atoms. The molecule has 11 heteroatoms. The number of pyridine rings is 1. The molecule has 0 saturated carbocycles. The van der Waals surface area contributed by atoms with Crippen molar-refractivity contribution in [3.63, 3.8) is 0 Å². The van der Waals surface area contributed by atoms with E-state index in [0.717, 1.165) is 61.6 Å². The van der Waals surface area contributed by atoms with Crippen molar-refractivity contribution in [2.75, 3.05) is 39.8 Å². The molecule has 0 N–H and O–H groups in total. The van der Waals surface area contributed by atoms with Gasteiger partial charge in [0.15, 0.2) is 0 Å². The third-order valence-corrected chi connectivity index (χ3v) is 12.4. The maximum Gasteiger partial charge on any atom is 0.324 e. The van der Waals surface area contributed by atoms with E-state index in [1.165, 1.54) is 22.5 Å². The maximum absolute atomic E-state index is 13.9. The Labute approximate surface area is 320 Å². The van der Waals surface area contributed by atoms with Crippen LogP contribution in [0.3, 0.4) is 0 Å². The number of sulfonamides is 1. The topological polar surface area (TPSA) is 101 Å². The van der Waals surface area contributed by atoms with E-state index in [1.54, 1.807) is 24.5 Å². The second-order valence-electron chi connectivity index (χ2n) is 14.9. The van der Waals surface area contributed by atoms with E-state index in [9.17, 15) is 13.2 Å². The number of rotatable bonds is 16. The number of piperazine rings is 1. The Balaban J connectivity index is 1.01. The summed E-state index contributed by atoms with van der Waals surface area (Å²) < 4.78 is 36.9. The Morgan fingerprint density at radius 2 is 1.50 bits per heavy atom. The smallest absolute Gasteiger partial charge is 0.324 e. The highest BCUT2D eigenvalue weighted by atomic mass is 32.2. The van der Waals surface area contributed by atoms with Crippen molar-refractivity contribution >= 4 is 27.0 Å². The first-order chi connectivity index (χ1) is 26.0. The number of ether oxygens (including phenoxy) is 1. The number of fused-ring (bicyclic) bond motifs is 1. The zero-order chi connectivity index (χ0) is 38.2. The third-order valence-electron chi connectivity index (χ3n) is 10.5. The molecule has 6 rings (SSSR count). The average molecular weight is 751 g/mol. The summed E-state index contributed by atoms with van der Waals surface area (Å²) >= 11 is 0. The van der Waals surface area contributed by atoms with Crippen molar-refractivity contribution < 1.29 is 17.9 Å². The van der Waals surface area contributed by atoms with E-state index in [0.29, 0.717) is 19.4 Å². The number of nitrogens with zero attached hydrogens (tertiary/aromatic N) is 6. The van der Waals surface area contributed by atoms with E-state index in [2.05, 4.69) is 85.0 Å². The predicted octanol–water partition coefficient (Wildman–Crippen LogP) is 6.94. The van der Waals surface area contributed by atoms with Crippen molar-refractivity contribution in [2.24, 2.45) is 5.92 Å². The lowest BCUT2D eigenvalue weighted by Crippen LogP contribution is -2.48. The molecule has 1 saturated heterocycles. The van der Waals surface area contributed by atoms with Crippen molar-refractivity contribution in [1.29, 1.82) is 0 Å². The van der Waals surface area contributed by atoms with Crippen LogP contribution in [-0.4, -0.2) is 94.9 Å². The lowest BCUT2D eigenvalue weighted by molar-refractivity contribution is -0.153. The van der Waals surface area contributed by atoms with Gasteiger partial charge in [-0.1, -0.05) is 86.6 Å². The van der Waals surface area contributed by atoms with Gasteiger partial charge < -0.3 is 14.2 Å². The Morgan fingerprint density at radius 1 is 0.870 bits per heavy atom. The molecule has 1 aliphatic rings. The molecule has 1 unspecified atom stereocenters. The Bertz CT molecular complexity index is 2020. The second kappa shape index (κ2) is 17.8. The monoisotopic (exact) mass is 750 g/mol. The quantitative estimate of drug-likeness (QED) is 0.100. The van der Waals surface area contributed by atoms with Crippen LogP contribution in [0.2, 0.25) is 0 Å². The lowest BCUT2D eigenvalue weighted by atomic mass is 9.96. The molecule has 0 radical (unpaired) electrons. The molecule has 0 amide bonds. The van der Waals surface area contributed by atoms with Crippen molar-refractivity contribution in [3.8, 4) is 0 Å². The number of hydrogen-bond donors (Lipinski definition) is 0. The number of aromatic nitrogens is 3. The molecule has 1 aliphatic heterocycles. The van der Waals surface area contributed by atoms with Crippen LogP contribution in [0.25, 0.3) is 11.0 Å². The average Bonchev–Trinajstić information content (AvgIpc) is 3.49. The molecule has 286 valence electrons. The number of likely N-dealkylation sites (N-methyl/N-ethyl adjacent to an activating group) is 1. The highest BCUT2D eigenvalue weighted by Gasteiger charge is 2.35. The fourth-order valence-electron chi connectivity index (χ4n) is 7.49. The van der Waals surface area contributed by atoms with Gasteiger partial charge in [0.2, 0.25) is 10.0 Å². The number of carbonyl (C=O) groups is 1. The van der Waals surface area contributed by atoms with E-state index < -0.39 is 22.0 Å². The SMILES string of the molecule is Cc1nc2cnccc2n1Cc1ccc(S(=O)(=O)N(C)[C@@H](CC(C)C)C(=O)OC(C)CCCN2CCN(C(c3ccccc3)c3ccccc3)CC2)cc1. The molecule has 3 aromatic carbocycles. The van der Waals surface area contributed by atoms with Crippen LogP contribution in [0.15, 0.2) is 108 Å². The maximum atomic E-state index is 13.9. The summed E-state index contributed by atoms with van der Waals surface area (Å²) in [5.74, 6) is 0.439. The van der Waals surface area contributed by atoms with Gasteiger partial charge in [-0.25, -0.2) is 13.4 Å². The van der Waals surface area contributed by atoms with Gasteiger partial charge in [0, 0.05) is 46.0 Å². The van der Waals surface area contributed by atoms with Gasteiger partial charge in [-0.15, -0.1) is 0 Å². The molecule has 10 nitrogen and oxygen atoms in total. The van der Waals surface area contributed by atoms with E-state index in [-0.39, 0.29) is 23.0 Å². The number of esters is 1. The molecule has 0 bridgehead atoms. The normalized spacial score (nSPS) is 15.6. The summed E-state index contributed by atoms with van der Waals surface area (Å²) in [6.45, 7) is 13.2. The van der Waals surface area contributed by atoms with Crippen LogP contribution in [0, 0.1) is 12.8 Å². The minimum atomic E-state index is -3.97. The van der Waals surface area contributed by atoms with Crippen LogP contribution in [0.5, 0.6) is 0 Å². The Morgan fingerprint density at radius 3 is 2.11 bits per heavy atom. The second-order valence-corrected chi connectivity index (χ2v) is 16.9. The summed E-state index contributed by atoms with van der Waals surface area (Å²) in [5, 5.41) is 0. The summed E-state index contributed by atoms with van der Waals surface area (Å²) in [6.07, 6.45) is 5.09. The molecule has 0 aliphatic carbocycles. The molecular formula is C43H54N6O4S. The first kappa shape index (κ1) is 39.3. The molecule has 2 atom stereocenters. The number of aryl methyl sites for hydroxylation is 1. The largest absolute Gasteiger partial charge is 0.461 e. The van der Waals surface area contributed by atoms with Gasteiger partial charge in [0.05, 0.1) is 28.8 Å². The van der Waals surface area contributed by atoms with Crippen molar-refractivity contribution in [2.45, 2.75) is 76.6 Å². The van der Waals surface area contributed by atoms with Gasteiger partial charge in [-0.05, 0) is 80.5 Å². The first-order valence-electron chi connectivity index (χ1n) is 19.1. The number of imidazole rings is 1. The van der Waals surface area contributed by atoms with Crippen LogP contribution >= 0.6 is 0 Å². The first-order valence-corrected chi connectivity index (χ1v) is 20.6. The number of hydrogen-bond acceptors (Lipinski definition) is 8. The van der Waals surface area contributed by atoms with Gasteiger partial charge >= 0.3 is 5.97 Å². The van der Waals surface area contributed by atoms with Crippen molar-refractivity contribution in [3.05, 3.63) is 126 Å². The molecule has 1 fully saturated rings. The van der Waals surface area contributed by atoms with E-state index in [4.69, 9.17) is 4.74 Å². The van der Waals surface area contributed by atoms with Crippen LogP contribution in [0.4, 0.5) is 0 Å². The van der Waals surface area contributed by atoms with Gasteiger partial charge in [-0.3, -0.25) is 14.7 Å². The lowest BCUT2D eigenvalue weighted by Gasteiger charge is -2.40. The highest BCUT2D eigenvalue weighted by molar-refractivity contribution is 7.89. The van der Waals surface area contributed by atoms with E-state index in [1.807, 2.05) is 45.9 Å². The number of carbonyl (C=O) groups excluding carboxylic acids is 1. The van der Waals surface area contributed by atoms with Crippen molar-refractivity contribution in [1.82, 2.24) is 28.6 Å².